The lowest BCUT2D eigenvalue weighted by atomic mass is 10.1. The fraction of sp³-hybridized carbons (Fsp3) is 0.300. The molecule has 0 aliphatic carbocycles. The SMILES string of the molecule is CC(C)CCCOC(=O)c1cccc(C(=O)Oc2cc(Cl)ccc2Cl)c1. The lowest BCUT2D eigenvalue weighted by molar-refractivity contribution is 0.0494. The molecule has 0 aliphatic heterocycles. The molecule has 26 heavy (non-hydrogen) atoms. The van der Waals surface area contributed by atoms with Crippen molar-refractivity contribution in [2.45, 2.75) is 26.7 Å². The zero-order chi connectivity index (χ0) is 19.1. The molecule has 0 spiro atoms. The molecule has 0 saturated heterocycles. The molecule has 0 aromatic heterocycles. The first kappa shape index (κ1) is 20.3. The molecule has 0 saturated carbocycles. The highest BCUT2D eigenvalue weighted by molar-refractivity contribution is 6.34. The predicted molar refractivity (Wildman–Crippen MR) is 102 cm³/mol. The fourth-order valence-electron chi connectivity index (χ4n) is 2.23. The molecular weight excluding hydrogens is 375 g/mol. The summed E-state index contributed by atoms with van der Waals surface area (Å²) in [4.78, 5) is 24.4. The number of ether oxygens (including phenoxy) is 2. The molecule has 0 atom stereocenters. The van der Waals surface area contributed by atoms with Crippen LogP contribution in [0.2, 0.25) is 10.0 Å². The van der Waals surface area contributed by atoms with Crippen molar-refractivity contribution in [3.63, 3.8) is 0 Å². The van der Waals surface area contributed by atoms with Gasteiger partial charge in [-0.15, -0.1) is 0 Å². The van der Waals surface area contributed by atoms with Gasteiger partial charge in [0.05, 0.1) is 22.8 Å². The standard InChI is InChI=1S/C20H20Cl2O4/c1-13(2)5-4-10-25-19(23)14-6-3-7-15(11-14)20(24)26-18-12-16(21)8-9-17(18)22/h3,6-9,11-13H,4-5,10H2,1-2H3. The molecule has 2 rings (SSSR count). The molecule has 2 aromatic rings. The van der Waals surface area contributed by atoms with Gasteiger partial charge in [-0.05, 0) is 49.1 Å². The van der Waals surface area contributed by atoms with Gasteiger partial charge in [-0.1, -0.05) is 43.1 Å². The summed E-state index contributed by atoms with van der Waals surface area (Å²) in [6.45, 7) is 4.58. The van der Waals surface area contributed by atoms with Crippen molar-refractivity contribution in [1.29, 1.82) is 0 Å². The smallest absolute Gasteiger partial charge is 0.343 e. The average molecular weight is 395 g/mol. The fourth-order valence-corrected chi connectivity index (χ4v) is 2.55. The van der Waals surface area contributed by atoms with Gasteiger partial charge in [-0.25, -0.2) is 9.59 Å². The minimum Gasteiger partial charge on any atom is -0.462 e. The zero-order valence-electron chi connectivity index (χ0n) is 14.6. The maximum absolute atomic E-state index is 12.3. The van der Waals surface area contributed by atoms with Gasteiger partial charge in [0.15, 0.2) is 5.75 Å². The van der Waals surface area contributed by atoms with Gasteiger partial charge in [0.25, 0.3) is 0 Å². The van der Waals surface area contributed by atoms with Gasteiger partial charge in [0.1, 0.15) is 0 Å². The average Bonchev–Trinajstić information content (AvgIpc) is 2.61. The summed E-state index contributed by atoms with van der Waals surface area (Å²) in [5.41, 5.74) is 0.513. The Hall–Kier alpha value is -2.04. The Labute approximate surface area is 163 Å². The van der Waals surface area contributed by atoms with Gasteiger partial charge in [0.2, 0.25) is 0 Å². The van der Waals surface area contributed by atoms with E-state index in [1.807, 2.05) is 0 Å². The number of hydrogen-bond acceptors (Lipinski definition) is 4. The summed E-state index contributed by atoms with van der Waals surface area (Å²) < 4.78 is 10.5. The Bertz CT molecular complexity index is 787. The minimum atomic E-state index is -0.636. The molecule has 0 aliphatic rings. The first-order valence-corrected chi connectivity index (χ1v) is 9.07. The number of halogens is 2. The second-order valence-electron chi connectivity index (χ2n) is 6.22. The van der Waals surface area contributed by atoms with Gasteiger partial charge in [0, 0.05) is 11.1 Å². The molecular formula is C20H20Cl2O4. The summed E-state index contributed by atoms with van der Waals surface area (Å²) in [5, 5.41) is 0.666. The Kier molecular flexibility index (Phi) is 7.49. The third-order valence-corrected chi connectivity index (χ3v) is 4.14. The van der Waals surface area contributed by atoms with Crippen LogP contribution in [-0.2, 0) is 4.74 Å². The number of carbonyl (C=O) groups is 2. The van der Waals surface area contributed by atoms with Crippen molar-refractivity contribution in [3.8, 4) is 5.75 Å². The lowest BCUT2D eigenvalue weighted by Crippen LogP contribution is -2.12. The maximum Gasteiger partial charge on any atom is 0.343 e. The number of rotatable bonds is 7. The van der Waals surface area contributed by atoms with Crippen molar-refractivity contribution in [2.24, 2.45) is 5.92 Å². The van der Waals surface area contributed by atoms with E-state index >= 15 is 0 Å². The Balaban J connectivity index is 2.02. The summed E-state index contributed by atoms with van der Waals surface area (Å²) >= 11 is 11.9. The summed E-state index contributed by atoms with van der Waals surface area (Å²) in [6, 6.07) is 10.8. The van der Waals surface area contributed by atoms with Gasteiger partial charge in [-0.2, -0.15) is 0 Å². The van der Waals surface area contributed by atoms with E-state index in [0.29, 0.717) is 23.1 Å². The molecule has 0 fully saturated rings. The number of benzene rings is 2. The molecule has 0 bridgehead atoms. The summed E-state index contributed by atoms with van der Waals surface area (Å²) in [6.07, 6.45) is 1.79. The van der Waals surface area contributed by atoms with E-state index in [9.17, 15) is 9.59 Å². The number of carbonyl (C=O) groups excluding carboxylic acids is 2. The maximum atomic E-state index is 12.3. The second kappa shape index (κ2) is 9.60. The molecule has 0 N–H and O–H groups in total. The summed E-state index contributed by atoms with van der Waals surface area (Å²) in [5.74, 6) is -0.385. The van der Waals surface area contributed by atoms with E-state index < -0.39 is 11.9 Å². The first-order chi connectivity index (χ1) is 12.4. The van der Waals surface area contributed by atoms with Crippen molar-refractivity contribution in [2.75, 3.05) is 6.61 Å². The van der Waals surface area contributed by atoms with Crippen LogP contribution in [0.15, 0.2) is 42.5 Å². The van der Waals surface area contributed by atoms with Crippen LogP contribution in [0.25, 0.3) is 0 Å². The Morgan fingerprint density at radius 2 is 1.69 bits per heavy atom. The molecule has 138 valence electrons. The molecule has 6 heteroatoms. The monoisotopic (exact) mass is 394 g/mol. The van der Waals surface area contributed by atoms with Gasteiger partial charge in [-0.3, -0.25) is 0 Å². The Morgan fingerprint density at radius 1 is 1.00 bits per heavy atom. The van der Waals surface area contributed by atoms with Crippen molar-refractivity contribution >= 4 is 35.1 Å². The number of hydrogen-bond donors (Lipinski definition) is 0. The van der Waals surface area contributed by atoms with Gasteiger partial charge < -0.3 is 9.47 Å². The van der Waals surface area contributed by atoms with E-state index in [1.165, 1.54) is 18.2 Å². The Morgan fingerprint density at radius 3 is 2.38 bits per heavy atom. The van der Waals surface area contributed by atoms with Crippen molar-refractivity contribution in [3.05, 3.63) is 63.6 Å². The van der Waals surface area contributed by atoms with E-state index in [0.717, 1.165) is 12.8 Å². The van der Waals surface area contributed by atoms with Crippen molar-refractivity contribution in [1.82, 2.24) is 0 Å². The van der Waals surface area contributed by atoms with Crippen LogP contribution >= 0.6 is 23.2 Å². The summed E-state index contributed by atoms with van der Waals surface area (Å²) in [7, 11) is 0. The van der Waals surface area contributed by atoms with Crippen LogP contribution < -0.4 is 4.74 Å². The van der Waals surface area contributed by atoms with Crippen LogP contribution in [0.5, 0.6) is 5.75 Å². The minimum absolute atomic E-state index is 0.158. The quantitative estimate of drug-likeness (QED) is 0.338. The third kappa shape index (κ3) is 6.04. The number of esters is 2. The molecule has 0 radical (unpaired) electrons. The normalized spacial score (nSPS) is 10.7. The van der Waals surface area contributed by atoms with Crippen molar-refractivity contribution < 1.29 is 19.1 Å². The predicted octanol–water partition coefficient (Wildman–Crippen LogP) is 5.81. The van der Waals surface area contributed by atoms with Gasteiger partial charge >= 0.3 is 11.9 Å². The van der Waals surface area contributed by atoms with Crippen LogP contribution in [-0.4, -0.2) is 18.5 Å². The highest BCUT2D eigenvalue weighted by Crippen LogP contribution is 2.28. The van der Waals surface area contributed by atoms with Crippen LogP contribution in [0.4, 0.5) is 0 Å². The zero-order valence-corrected chi connectivity index (χ0v) is 16.1. The van der Waals surface area contributed by atoms with Crippen LogP contribution in [0, 0.1) is 5.92 Å². The second-order valence-corrected chi connectivity index (χ2v) is 7.06. The van der Waals surface area contributed by atoms with E-state index in [-0.39, 0.29) is 16.3 Å². The van der Waals surface area contributed by atoms with E-state index in [1.54, 1.807) is 24.3 Å². The lowest BCUT2D eigenvalue weighted by Gasteiger charge is -2.09. The topological polar surface area (TPSA) is 52.6 Å². The van der Waals surface area contributed by atoms with E-state index in [2.05, 4.69) is 13.8 Å². The van der Waals surface area contributed by atoms with Crippen LogP contribution in [0.3, 0.4) is 0 Å². The molecule has 4 nitrogen and oxygen atoms in total. The molecule has 0 amide bonds. The highest BCUT2D eigenvalue weighted by atomic mass is 35.5. The molecule has 0 heterocycles. The molecule has 2 aromatic carbocycles. The third-order valence-electron chi connectivity index (χ3n) is 3.59. The first-order valence-electron chi connectivity index (χ1n) is 8.31. The largest absolute Gasteiger partial charge is 0.462 e. The van der Waals surface area contributed by atoms with E-state index in [4.69, 9.17) is 32.7 Å². The van der Waals surface area contributed by atoms with Crippen LogP contribution in [0.1, 0.15) is 47.4 Å². The highest BCUT2D eigenvalue weighted by Gasteiger charge is 2.15. The molecule has 0 unspecified atom stereocenters.